The number of alkyl halides is 2. The standard InChI is InChI=1S/C8H7F2NO3/c1-14-5-2-6(13)11-7(8(9)10)4(5)3-12/h2-3,8H,1H3,(H,11,13). The highest BCUT2D eigenvalue weighted by Crippen LogP contribution is 2.24. The molecule has 0 saturated heterocycles. The minimum atomic E-state index is -2.92. The molecule has 0 unspecified atom stereocenters. The van der Waals surface area contributed by atoms with Gasteiger partial charge < -0.3 is 9.72 Å². The van der Waals surface area contributed by atoms with Gasteiger partial charge in [-0.1, -0.05) is 0 Å². The summed E-state index contributed by atoms with van der Waals surface area (Å²) in [6.45, 7) is 0. The Morgan fingerprint density at radius 2 is 2.21 bits per heavy atom. The molecule has 1 rings (SSSR count). The highest BCUT2D eigenvalue weighted by Gasteiger charge is 2.18. The van der Waals surface area contributed by atoms with Crippen molar-refractivity contribution in [1.29, 1.82) is 0 Å². The fourth-order valence-corrected chi connectivity index (χ4v) is 1.03. The number of carbonyl (C=O) groups is 1. The lowest BCUT2D eigenvalue weighted by molar-refractivity contribution is 0.109. The summed E-state index contributed by atoms with van der Waals surface area (Å²) in [5, 5.41) is 0. The SMILES string of the molecule is COc1cc(=O)[nH]c(C(F)F)c1C=O. The number of hydrogen-bond donors (Lipinski definition) is 1. The van der Waals surface area contributed by atoms with Crippen molar-refractivity contribution < 1.29 is 18.3 Å². The van der Waals surface area contributed by atoms with E-state index in [2.05, 4.69) is 4.74 Å². The van der Waals surface area contributed by atoms with Crippen LogP contribution < -0.4 is 10.3 Å². The van der Waals surface area contributed by atoms with Crippen molar-refractivity contribution in [2.75, 3.05) is 7.11 Å². The van der Waals surface area contributed by atoms with E-state index >= 15 is 0 Å². The van der Waals surface area contributed by atoms with Gasteiger partial charge in [0.15, 0.2) is 6.29 Å². The number of rotatable bonds is 3. The topological polar surface area (TPSA) is 59.2 Å². The Morgan fingerprint density at radius 3 is 2.64 bits per heavy atom. The average Bonchev–Trinajstić information content (AvgIpc) is 2.16. The van der Waals surface area contributed by atoms with E-state index < -0.39 is 17.7 Å². The lowest BCUT2D eigenvalue weighted by Crippen LogP contribution is -2.12. The van der Waals surface area contributed by atoms with Crippen LogP contribution in [-0.4, -0.2) is 18.4 Å². The van der Waals surface area contributed by atoms with Crippen LogP contribution >= 0.6 is 0 Å². The number of halogens is 2. The van der Waals surface area contributed by atoms with E-state index in [4.69, 9.17) is 0 Å². The lowest BCUT2D eigenvalue weighted by atomic mass is 10.2. The largest absolute Gasteiger partial charge is 0.496 e. The predicted molar refractivity (Wildman–Crippen MR) is 44.0 cm³/mol. The third-order valence-electron chi connectivity index (χ3n) is 1.63. The van der Waals surface area contributed by atoms with E-state index in [0.717, 1.165) is 6.07 Å². The van der Waals surface area contributed by atoms with Gasteiger partial charge in [0.2, 0.25) is 0 Å². The summed E-state index contributed by atoms with van der Waals surface area (Å²) in [7, 11) is 1.19. The summed E-state index contributed by atoms with van der Waals surface area (Å²) in [5.74, 6) is -0.154. The van der Waals surface area contributed by atoms with E-state index in [-0.39, 0.29) is 17.6 Å². The molecular formula is C8H7F2NO3. The second-order valence-corrected chi connectivity index (χ2v) is 2.45. The maximum Gasteiger partial charge on any atom is 0.279 e. The molecule has 14 heavy (non-hydrogen) atoms. The molecule has 0 atom stereocenters. The van der Waals surface area contributed by atoms with Crippen LogP contribution in [0.5, 0.6) is 5.75 Å². The molecule has 1 heterocycles. The molecule has 0 fully saturated rings. The Bertz CT molecular complexity index is 400. The van der Waals surface area contributed by atoms with Crippen LogP contribution in [-0.2, 0) is 0 Å². The van der Waals surface area contributed by atoms with Crippen LogP contribution in [0.3, 0.4) is 0 Å². The molecule has 0 aliphatic carbocycles. The van der Waals surface area contributed by atoms with Gasteiger partial charge in [0, 0.05) is 6.07 Å². The van der Waals surface area contributed by atoms with Crippen LogP contribution in [0.15, 0.2) is 10.9 Å². The van der Waals surface area contributed by atoms with E-state index in [9.17, 15) is 18.4 Å². The smallest absolute Gasteiger partial charge is 0.279 e. The minimum absolute atomic E-state index is 0.154. The first kappa shape index (κ1) is 10.4. The molecule has 0 saturated carbocycles. The van der Waals surface area contributed by atoms with Gasteiger partial charge >= 0.3 is 0 Å². The molecule has 76 valence electrons. The van der Waals surface area contributed by atoms with Crippen molar-refractivity contribution in [1.82, 2.24) is 4.98 Å². The molecule has 0 aliphatic rings. The Kier molecular flexibility index (Phi) is 2.95. The minimum Gasteiger partial charge on any atom is -0.496 e. The molecule has 0 bridgehead atoms. The number of hydrogen-bond acceptors (Lipinski definition) is 3. The molecule has 1 aromatic rings. The molecule has 4 nitrogen and oxygen atoms in total. The van der Waals surface area contributed by atoms with Gasteiger partial charge in [-0.15, -0.1) is 0 Å². The molecule has 1 aromatic heterocycles. The van der Waals surface area contributed by atoms with Crippen LogP contribution in [0.2, 0.25) is 0 Å². The van der Waals surface area contributed by atoms with Crippen molar-refractivity contribution in [3.8, 4) is 5.75 Å². The van der Waals surface area contributed by atoms with Crippen LogP contribution in [0, 0.1) is 0 Å². The van der Waals surface area contributed by atoms with Crippen molar-refractivity contribution in [3.63, 3.8) is 0 Å². The molecule has 0 radical (unpaired) electrons. The quantitative estimate of drug-likeness (QED) is 0.749. The van der Waals surface area contributed by atoms with Gasteiger partial charge in [-0.25, -0.2) is 8.78 Å². The molecule has 0 spiro atoms. The molecule has 0 amide bonds. The Hall–Kier alpha value is -1.72. The summed E-state index contributed by atoms with van der Waals surface area (Å²) >= 11 is 0. The lowest BCUT2D eigenvalue weighted by Gasteiger charge is -2.07. The summed E-state index contributed by atoms with van der Waals surface area (Å²) < 4.78 is 29.3. The van der Waals surface area contributed by atoms with Crippen LogP contribution in [0.4, 0.5) is 8.78 Å². The molecular weight excluding hydrogens is 196 g/mol. The van der Waals surface area contributed by atoms with Gasteiger partial charge in [-0.05, 0) is 0 Å². The fourth-order valence-electron chi connectivity index (χ4n) is 1.03. The van der Waals surface area contributed by atoms with E-state index in [1.807, 2.05) is 4.98 Å². The number of aromatic nitrogens is 1. The number of pyridine rings is 1. The van der Waals surface area contributed by atoms with Crippen molar-refractivity contribution >= 4 is 6.29 Å². The molecule has 0 aromatic carbocycles. The first-order valence-electron chi connectivity index (χ1n) is 3.64. The number of nitrogens with one attached hydrogen (secondary N) is 1. The normalized spacial score (nSPS) is 10.3. The summed E-state index contributed by atoms with van der Waals surface area (Å²) in [6, 6.07) is 0.940. The average molecular weight is 203 g/mol. The third-order valence-corrected chi connectivity index (χ3v) is 1.63. The van der Waals surface area contributed by atoms with Crippen molar-refractivity contribution in [2.45, 2.75) is 6.43 Å². The monoisotopic (exact) mass is 203 g/mol. The summed E-state index contributed by atoms with van der Waals surface area (Å²) in [6.07, 6.45) is -2.70. The van der Waals surface area contributed by atoms with E-state index in [0.29, 0.717) is 0 Å². The number of H-pyrrole nitrogens is 1. The highest BCUT2D eigenvalue weighted by atomic mass is 19.3. The van der Waals surface area contributed by atoms with Crippen molar-refractivity contribution in [2.24, 2.45) is 0 Å². The Balaban J connectivity index is 3.47. The summed E-state index contributed by atoms with van der Waals surface area (Å²) in [5.41, 5.74) is -1.78. The number of carbonyl (C=O) groups excluding carboxylic acids is 1. The van der Waals surface area contributed by atoms with Gasteiger partial charge in [-0.3, -0.25) is 9.59 Å². The van der Waals surface area contributed by atoms with Gasteiger partial charge in [0.25, 0.3) is 12.0 Å². The van der Waals surface area contributed by atoms with Crippen molar-refractivity contribution in [3.05, 3.63) is 27.7 Å². The number of methoxy groups -OCH3 is 1. The highest BCUT2D eigenvalue weighted by molar-refractivity contribution is 5.80. The second kappa shape index (κ2) is 3.99. The fraction of sp³-hybridized carbons (Fsp3) is 0.250. The number of aldehydes is 1. The number of aromatic amines is 1. The maximum atomic E-state index is 12.3. The molecule has 0 aliphatic heterocycles. The van der Waals surface area contributed by atoms with Crippen LogP contribution in [0.25, 0.3) is 0 Å². The maximum absolute atomic E-state index is 12.3. The zero-order valence-electron chi connectivity index (χ0n) is 7.21. The van der Waals surface area contributed by atoms with Crippen LogP contribution in [0.1, 0.15) is 22.5 Å². The zero-order valence-corrected chi connectivity index (χ0v) is 7.21. The summed E-state index contributed by atoms with van der Waals surface area (Å²) in [4.78, 5) is 23.2. The van der Waals surface area contributed by atoms with Gasteiger partial charge in [0.1, 0.15) is 5.75 Å². The third kappa shape index (κ3) is 1.78. The Morgan fingerprint density at radius 1 is 1.57 bits per heavy atom. The zero-order chi connectivity index (χ0) is 10.7. The Labute approximate surface area is 77.5 Å². The molecule has 1 N–H and O–H groups in total. The van der Waals surface area contributed by atoms with Gasteiger partial charge in [-0.2, -0.15) is 0 Å². The first-order chi connectivity index (χ1) is 6.60. The van der Waals surface area contributed by atoms with E-state index in [1.165, 1.54) is 7.11 Å². The second-order valence-electron chi connectivity index (χ2n) is 2.45. The predicted octanol–water partition coefficient (Wildman–Crippen LogP) is 1.13. The number of ether oxygens (including phenoxy) is 1. The van der Waals surface area contributed by atoms with Gasteiger partial charge in [0.05, 0.1) is 18.4 Å². The van der Waals surface area contributed by atoms with E-state index in [1.54, 1.807) is 0 Å². The molecule has 6 heteroatoms. The first-order valence-corrected chi connectivity index (χ1v) is 3.64.